The van der Waals surface area contributed by atoms with Gasteiger partial charge in [0.25, 0.3) is 0 Å². The zero-order valence-electron chi connectivity index (χ0n) is 13.2. The summed E-state index contributed by atoms with van der Waals surface area (Å²) in [5.41, 5.74) is 0.725. The lowest BCUT2D eigenvalue weighted by molar-refractivity contribution is 0.142. The number of carbonyl (C=O) groups excluding carboxylic acids is 1. The van der Waals surface area contributed by atoms with Gasteiger partial charge in [-0.3, -0.25) is 0 Å². The zero-order chi connectivity index (χ0) is 15.8. The minimum atomic E-state index is -0.278. The second-order valence-corrected chi connectivity index (χ2v) is 5.80. The van der Waals surface area contributed by atoms with Gasteiger partial charge in [0, 0.05) is 12.2 Å². The number of urea groups is 1. The second kappa shape index (κ2) is 8.63. The Hall–Kier alpha value is -1.75. The average molecular weight is 306 g/mol. The molecule has 0 heterocycles. The van der Waals surface area contributed by atoms with Gasteiger partial charge >= 0.3 is 6.03 Å². The van der Waals surface area contributed by atoms with Crippen molar-refractivity contribution in [3.63, 3.8) is 0 Å². The molecule has 0 aromatic heterocycles. The van der Waals surface area contributed by atoms with E-state index in [9.17, 15) is 9.90 Å². The van der Waals surface area contributed by atoms with Crippen molar-refractivity contribution in [2.75, 3.05) is 18.5 Å². The van der Waals surface area contributed by atoms with E-state index in [1.807, 2.05) is 24.3 Å². The number of anilines is 1. The van der Waals surface area contributed by atoms with Crippen molar-refractivity contribution in [2.45, 2.75) is 45.1 Å². The molecule has 2 rings (SSSR count). The molecular formula is C17H26N2O3. The molecule has 5 heteroatoms. The number of carbonyl (C=O) groups is 1. The molecule has 1 aliphatic carbocycles. The third kappa shape index (κ3) is 5.93. The molecule has 0 saturated heterocycles. The van der Waals surface area contributed by atoms with Crippen molar-refractivity contribution in [2.24, 2.45) is 5.92 Å². The molecule has 1 fully saturated rings. The first-order chi connectivity index (χ1) is 10.7. The molecule has 1 saturated carbocycles. The molecule has 1 aliphatic rings. The van der Waals surface area contributed by atoms with E-state index >= 15 is 0 Å². The predicted molar refractivity (Wildman–Crippen MR) is 87.2 cm³/mol. The van der Waals surface area contributed by atoms with Crippen LogP contribution < -0.4 is 15.4 Å². The van der Waals surface area contributed by atoms with E-state index in [0.717, 1.165) is 37.1 Å². The first-order valence-corrected chi connectivity index (χ1v) is 8.15. The van der Waals surface area contributed by atoms with Crippen LogP contribution in [0.4, 0.5) is 10.5 Å². The molecule has 0 bridgehead atoms. The third-order valence-electron chi connectivity index (χ3n) is 3.77. The predicted octanol–water partition coefficient (Wildman–Crippen LogP) is 3.15. The summed E-state index contributed by atoms with van der Waals surface area (Å²) in [6.07, 6.45) is 4.70. The fraction of sp³-hybridized carbons (Fsp3) is 0.588. The third-order valence-corrected chi connectivity index (χ3v) is 3.77. The van der Waals surface area contributed by atoms with Gasteiger partial charge in [-0.25, -0.2) is 4.79 Å². The molecule has 0 aliphatic heterocycles. The van der Waals surface area contributed by atoms with Crippen LogP contribution in [-0.4, -0.2) is 30.4 Å². The summed E-state index contributed by atoms with van der Waals surface area (Å²) >= 11 is 0. The van der Waals surface area contributed by atoms with Crippen LogP contribution in [0.5, 0.6) is 5.75 Å². The van der Waals surface area contributed by atoms with Crippen molar-refractivity contribution in [1.29, 1.82) is 0 Å². The highest BCUT2D eigenvalue weighted by Gasteiger charge is 2.29. The SMILES string of the molecule is CCCCOc1ccc(NC(=O)NCC[C@H](O)C2CC2)cc1. The van der Waals surface area contributed by atoms with Gasteiger partial charge in [-0.1, -0.05) is 13.3 Å². The van der Waals surface area contributed by atoms with Crippen LogP contribution >= 0.6 is 0 Å². The van der Waals surface area contributed by atoms with Gasteiger partial charge in [0.15, 0.2) is 0 Å². The van der Waals surface area contributed by atoms with E-state index in [1.165, 1.54) is 0 Å². The van der Waals surface area contributed by atoms with Crippen LogP contribution in [0.2, 0.25) is 0 Å². The lowest BCUT2D eigenvalue weighted by atomic mass is 10.2. The standard InChI is InChI=1S/C17H26N2O3/c1-2-3-12-22-15-8-6-14(7-9-15)19-17(21)18-11-10-16(20)13-4-5-13/h6-9,13,16,20H,2-5,10-12H2,1H3,(H2,18,19,21)/t16-/m0/s1. The summed E-state index contributed by atoms with van der Waals surface area (Å²) in [4.78, 5) is 11.7. The van der Waals surface area contributed by atoms with E-state index in [4.69, 9.17) is 4.74 Å². The summed E-state index contributed by atoms with van der Waals surface area (Å²) < 4.78 is 5.57. The monoisotopic (exact) mass is 306 g/mol. The number of unbranched alkanes of at least 4 members (excludes halogenated alkanes) is 1. The highest BCUT2D eigenvalue weighted by Crippen LogP contribution is 2.33. The highest BCUT2D eigenvalue weighted by atomic mass is 16.5. The molecule has 1 atom stereocenters. The van der Waals surface area contributed by atoms with Crippen LogP contribution in [-0.2, 0) is 0 Å². The number of aliphatic hydroxyl groups is 1. The minimum Gasteiger partial charge on any atom is -0.494 e. The smallest absolute Gasteiger partial charge is 0.319 e. The van der Waals surface area contributed by atoms with Gasteiger partial charge in [-0.2, -0.15) is 0 Å². The van der Waals surface area contributed by atoms with E-state index in [0.29, 0.717) is 25.5 Å². The molecule has 1 aromatic rings. The minimum absolute atomic E-state index is 0.248. The van der Waals surface area contributed by atoms with Crippen molar-refractivity contribution in [3.05, 3.63) is 24.3 Å². The fourth-order valence-electron chi connectivity index (χ4n) is 2.19. The summed E-state index contributed by atoms with van der Waals surface area (Å²) in [5, 5.41) is 15.3. The number of hydrogen-bond acceptors (Lipinski definition) is 3. The molecule has 2 amide bonds. The topological polar surface area (TPSA) is 70.6 Å². The molecule has 0 unspecified atom stereocenters. The van der Waals surface area contributed by atoms with E-state index in [-0.39, 0.29) is 12.1 Å². The van der Waals surface area contributed by atoms with Gasteiger partial charge in [-0.05, 0) is 55.9 Å². The number of aliphatic hydroxyl groups excluding tert-OH is 1. The maximum absolute atomic E-state index is 11.7. The Morgan fingerprint density at radius 2 is 2.09 bits per heavy atom. The van der Waals surface area contributed by atoms with Gasteiger partial charge < -0.3 is 20.5 Å². The Kier molecular flexibility index (Phi) is 6.52. The Labute approximate surface area is 132 Å². The van der Waals surface area contributed by atoms with Crippen LogP contribution in [0.3, 0.4) is 0 Å². The number of rotatable bonds is 9. The quantitative estimate of drug-likeness (QED) is 0.614. The van der Waals surface area contributed by atoms with Gasteiger partial charge in [0.05, 0.1) is 12.7 Å². The van der Waals surface area contributed by atoms with E-state index in [1.54, 1.807) is 0 Å². The van der Waals surface area contributed by atoms with Crippen LogP contribution in [0.25, 0.3) is 0 Å². The molecular weight excluding hydrogens is 280 g/mol. The highest BCUT2D eigenvalue weighted by molar-refractivity contribution is 5.89. The lowest BCUT2D eigenvalue weighted by Crippen LogP contribution is -2.31. The normalized spacial score (nSPS) is 15.2. The van der Waals surface area contributed by atoms with Crippen molar-refractivity contribution in [1.82, 2.24) is 5.32 Å². The molecule has 5 nitrogen and oxygen atoms in total. The number of ether oxygens (including phenoxy) is 1. The average Bonchev–Trinajstić information content (AvgIpc) is 3.34. The molecule has 1 aromatic carbocycles. The first kappa shape index (κ1) is 16.6. The number of hydrogen-bond donors (Lipinski definition) is 3. The summed E-state index contributed by atoms with van der Waals surface area (Å²) in [6, 6.07) is 7.09. The second-order valence-electron chi connectivity index (χ2n) is 5.80. The molecule has 0 radical (unpaired) electrons. The largest absolute Gasteiger partial charge is 0.494 e. The Morgan fingerprint density at radius 3 is 2.73 bits per heavy atom. The summed E-state index contributed by atoms with van der Waals surface area (Å²) in [6.45, 7) is 3.33. The van der Waals surface area contributed by atoms with E-state index < -0.39 is 0 Å². The van der Waals surface area contributed by atoms with Crippen LogP contribution in [0.15, 0.2) is 24.3 Å². The zero-order valence-corrected chi connectivity index (χ0v) is 13.2. The summed E-state index contributed by atoms with van der Waals surface area (Å²) in [7, 11) is 0. The van der Waals surface area contributed by atoms with Gasteiger partial charge in [-0.15, -0.1) is 0 Å². The van der Waals surface area contributed by atoms with E-state index in [2.05, 4.69) is 17.6 Å². The van der Waals surface area contributed by atoms with Crippen molar-refractivity contribution in [3.8, 4) is 5.75 Å². The molecule has 0 spiro atoms. The Balaban J connectivity index is 1.65. The number of nitrogens with one attached hydrogen (secondary N) is 2. The Morgan fingerprint density at radius 1 is 1.36 bits per heavy atom. The number of amides is 2. The van der Waals surface area contributed by atoms with Crippen LogP contribution in [0.1, 0.15) is 39.0 Å². The Bertz CT molecular complexity index is 457. The maximum atomic E-state index is 11.7. The first-order valence-electron chi connectivity index (χ1n) is 8.15. The fourth-order valence-corrected chi connectivity index (χ4v) is 2.19. The lowest BCUT2D eigenvalue weighted by Gasteiger charge is -2.11. The number of benzene rings is 1. The van der Waals surface area contributed by atoms with Gasteiger partial charge in [0.2, 0.25) is 0 Å². The molecule has 3 N–H and O–H groups in total. The molecule has 122 valence electrons. The van der Waals surface area contributed by atoms with Crippen LogP contribution in [0, 0.1) is 5.92 Å². The summed E-state index contributed by atoms with van der Waals surface area (Å²) in [5.74, 6) is 1.26. The maximum Gasteiger partial charge on any atom is 0.319 e. The van der Waals surface area contributed by atoms with Crippen molar-refractivity contribution < 1.29 is 14.6 Å². The molecule has 22 heavy (non-hydrogen) atoms. The van der Waals surface area contributed by atoms with Crippen molar-refractivity contribution >= 4 is 11.7 Å². The van der Waals surface area contributed by atoms with Gasteiger partial charge in [0.1, 0.15) is 5.75 Å².